The maximum Gasteiger partial charge on any atom is 0.122 e. The second-order valence-corrected chi connectivity index (χ2v) is 4.96. The summed E-state index contributed by atoms with van der Waals surface area (Å²) in [6, 6.07) is 0. The summed E-state index contributed by atoms with van der Waals surface area (Å²) in [6.07, 6.45) is 6.87. The molecule has 0 amide bonds. The van der Waals surface area contributed by atoms with Crippen molar-refractivity contribution in [2.45, 2.75) is 25.9 Å². The van der Waals surface area contributed by atoms with E-state index in [0.717, 1.165) is 38.6 Å². The van der Waals surface area contributed by atoms with Crippen LogP contribution in [0.25, 0.3) is 0 Å². The van der Waals surface area contributed by atoms with Crippen molar-refractivity contribution < 1.29 is 0 Å². The summed E-state index contributed by atoms with van der Waals surface area (Å²) in [4.78, 5) is 6.86. The Morgan fingerprint density at radius 1 is 1.38 bits per heavy atom. The average molecular weight is 220 g/mol. The molecule has 4 heteroatoms. The molecule has 0 atom stereocenters. The van der Waals surface area contributed by atoms with E-state index in [0.29, 0.717) is 0 Å². The van der Waals surface area contributed by atoms with Crippen LogP contribution in [0.5, 0.6) is 0 Å². The first-order chi connectivity index (χ1) is 7.92. The minimum atomic E-state index is 0.986. The predicted octanol–water partition coefficient (Wildman–Crippen LogP) is 0.698. The summed E-state index contributed by atoms with van der Waals surface area (Å²) in [6.45, 7) is 6.77. The minimum Gasteiger partial charge on any atom is -0.333 e. The maximum atomic E-state index is 4.37. The van der Waals surface area contributed by atoms with Crippen molar-refractivity contribution in [2.75, 3.05) is 26.2 Å². The van der Waals surface area contributed by atoms with Gasteiger partial charge in [0.05, 0.1) is 6.54 Å². The van der Waals surface area contributed by atoms with Crippen molar-refractivity contribution in [3.8, 4) is 0 Å². The second-order valence-electron chi connectivity index (χ2n) is 4.96. The third-order valence-corrected chi connectivity index (χ3v) is 3.56. The van der Waals surface area contributed by atoms with Crippen LogP contribution < -0.4 is 5.32 Å². The molecule has 0 unspecified atom stereocenters. The van der Waals surface area contributed by atoms with Gasteiger partial charge in [-0.15, -0.1) is 0 Å². The smallest absolute Gasteiger partial charge is 0.122 e. The monoisotopic (exact) mass is 220 g/mol. The molecular formula is C12H20N4. The number of imidazole rings is 1. The number of nitrogens with one attached hydrogen (secondary N) is 1. The van der Waals surface area contributed by atoms with Crippen molar-refractivity contribution in [1.29, 1.82) is 0 Å². The van der Waals surface area contributed by atoms with Gasteiger partial charge in [-0.25, -0.2) is 4.98 Å². The molecule has 0 saturated heterocycles. The zero-order chi connectivity index (χ0) is 10.8. The van der Waals surface area contributed by atoms with Crippen molar-refractivity contribution in [1.82, 2.24) is 19.8 Å². The van der Waals surface area contributed by atoms with Gasteiger partial charge in [-0.1, -0.05) is 0 Å². The van der Waals surface area contributed by atoms with Gasteiger partial charge >= 0.3 is 0 Å². The van der Waals surface area contributed by atoms with Crippen molar-refractivity contribution in [3.05, 3.63) is 18.2 Å². The lowest BCUT2D eigenvalue weighted by molar-refractivity contribution is 0.217. The summed E-state index contributed by atoms with van der Waals surface area (Å²) in [5.41, 5.74) is 0. The predicted molar refractivity (Wildman–Crippen MR) is 63.1 cm³/mol. The van der Waals surface area contributed by atoms with E-state index in [1.807, 2.05) is 6.20 Å². The van der Waals surface area contributed by atoms with Gasteiger partial charge in [0.15, 0.2) is 0 Å². The summed E-state index contributed by atoms with van der Waals surface area (Å²) in [5.74, 6) is 2.20. The van der Waals surface area contributed by atoms with Gasteiger partial charge in [0.2, 0.25) is 0 Å². The zero-order valence-electron chi connectivity index (χ0n) is 9.73. The SMILES string of the molecule is c1cn2c(n1)CN(CCNCC1CC1)CC2. The zero-order valence-corrected chi connectivity index (χ0v) is 9.73. The van der Waals surface area contributed by atoms with E-state index in [-0.39, 0.29) is 0 Å². The highest BCUT2D eigenvalue weighted by Gasteiger charge is 2.20. The van der Waals surface area contributed by atoms with E-state index in [4.69, 9.17) is 0 Å². The van der Waals surface area contributed by atoms with Gasteiger partial charge < -0.3 is 9.88 Å². The molecule has 88 valence electrons. The number of nitrogens with zero attached hydrogens (tertiary/aromatic N) is 3. The number of rotatable bonds is 5. The fourth-order valence-electron chi connectivity index (χ4n) is 2.28. The molecule has 2 heterocycles. The fourth-order valence-corrected chi connectivity index (χ4v) is 2.28. The molecule has 0 bridgehead atoms. The molecule has 2 aliphatic rings. The standard InChI is InChI=1S/C12H20N4/c1-2-11(1)9-13-3-5-15-7-8-16-6-4-14-12(16)10-15/h4,6,11,13H,1-3,5,7-10H2. The van der Waals surface area contributed by atoms with E-state index in [1.165, 1.54) is 25.2 Å². The van der Waals surface area contributed by atoms with Crippen molar-refractivity contribution >= 4 is 0 Å². The van der Waals surface area contributed by atoms with E-state index >= 15 is 0 Å². The van der Waals surface area contributed by atoms with Gasteiger partial charge in [0.25, 0.3) is 0 Å². The summed E-state index contributed by atoms with van der Waals surface area (Å²) >= 11 is 0. The van der Waals surface area contributed by atoms with Gasteiger partial charge in [-0.3, -0.25) is 4.90 Å². The Hall–Kier alpha value is -0.870. The highest BCUT2D eigenvalue weighted by atomic mass is 15.2. The van der Waals surface area contributed by atoms with E-state index < -0.39 is 0 Å². The Morgan fingerprint density at radius 3 is 3.19 bits per heavy atom. The molecule has 0 aromatic carbocycles. The normalized spacial score (nSPS) is 21.0. The average Bonchev–Trinajstić information content (AvgIpc) is 3.01. The molecule has 1 N–H and O–H groups in total. The molecule has 4 nitrogen and oxygen atoms in total. The van der Waals surface area contributed by atoms with E-state index in [1.54, 1.807) is 0 Å². The second kappa shape index (κ2) is 4.55. The van der Waals surface area contributed by atoms with Gasteiger partial charge in [0.1, 0.15) is 5.82 Å². The molecule has 16 heavy (non-hydrogen) atoms. The molecule has 0 radical (unpaired) electrons. The lowest BCUT2D eigenvalue weighted by atomic mass is 10.3. The third kappa shape index (κ3) is 2.44. The van der Waals surface area contributed by atoms with Crippen LogP contribution in [0, 0.1) is 5.92 Å². The first-order valence-electron chi connectivity index (χ1n) is 6.35. The first-order valence-corrected chi connectivity index (χ1v) is 6.35. The van der Waals surface area contributed by atoms with Crippen LogP contribution in [0.4, 0.5) is 0 Å². The Labute approximate surface area is 96.7 Å². The molecule has 1 aromatic rings. The molecule has 1 aromatic heterocycles. The highest BCUT2D eigenvalue weighted by molar-refractivity contribution is 4.95. The van der Waals surface area contributed by atoms with E-state index in [2.05, 4.69) is 26.0 Å². The lowest BCUT2D eigenvalue weighted by Gasteiger charge is -2.27. The van der Waals surface area contributed by atoms with Gasteiger partial charge in [-0.05, 0) is 25.3 Å². The molecule has 0 spiro atoms. The topological polar surface area (TPSA) is 33.1 Å². The first kappa shape index (κ1) is 10.3. The largest absolute Gasteiger partial charge is 0.333 e. The number of aromatic nitrogens is 2. The summed E-state index contributed by atoms with van der Waals surface area (Å²) < 4.78 is 2.26. The van der Waals surface area contributed by atoms with Crippen molar-refractivity contribution in [2.24, 2.45) is 5.92 Å². The van der Waals surface area contributed by atoms with Crippen LogP contribution in [0.3, 0.4) is 0 Å². The summed E-state index contributed by atoms with van der Waals surface area (Å²) in [7, 11) is 0. The molecule has 3 rings (SSSR count). The van der Waals surface area contributed by atoms with Crippen molar-refractivity contribution in [3.63, 3.8) is 0 Å². The minimum absolute atomic E-state index is 0.986. The van der Waals surface area contributed by atoms with Gasteiger partial charge in [0, 0.05) is 38.6 Å². The number of hydrogen-bond acceptors (Lipinski definition) is 3. The van der Waals surface area contributed by atoms with Crippen LogP contribution in [-0.2, 0) is 13.1 Å². The molecular weight excluding hydrogens is 200 g/mol. The van der Waals surface area contributed by atoms with Crippen LogP contribution in [0.2, 0.25) is 0 Å². The molecule has 1 aliphatic carbocycles. The lowest BCUT2D eigenvalue weighted by Crippen LogP contribution is -2.38. The van der Waals surface area contributed by atoms with Crippen LogP contribution in [-0.4, -0.2) is 40.6 Å². The molecule has 1 aliphatic heterocycles. The Kier molecular flexibility index (Phi) is 2.93. The quantitative estimate of drug-likeness (QED) is 0.742. The van der Waals surface area contributed by atoms with Crippen LogP contribution in [0.15, 0.2) is 12.4 Å². The Morgan fingerprint density at radius 2 is 2.31 bits per heavy atom. The Balaban J connectivity index is 1.39. The van der Waals surface area contributed by atoms with Crippen LogP contribution >= 0.6 is 0 Å². The maximum absolute atomic E-state index is 4.37. The van der Waals surface area contributed by atoms with Gasteiger partial charge in [-0.2, -0.15) is 0 Å². The highest BCUT2D eigenvalue weighted by Crippen LogP contribution is 2.27. The molecule has 1 saturated carbocycles. The number of hydrogen-bond donors (Lipinski definition) is 1. The van der Waals surface area contributed by atoms with Crippen LogP contribution in [0.1, 0.15) is 18.7 Å². The fraction of sp³-hybridized carbons (Fsp3) is 0.750. The van der Waals surface area contributed by atoms with E-state index in [9.17, 15) is 0 Å². The Bertz CT molecular complexity index is 343. The summed E-state index contributed by atoms with van der Waals surface area (Å²) in [5, 5.41) is 3.54. The number of fused-ring (bicyclic) bond motifs is 1. The third-order valence-electron chi connectivity index (χ3n) is 3.56. The molecule has 1 fully saturated rings.